The number of fused-ring (bicyclic) bond motifs is 1. The first kappa shape index (κ1) is 24.9. The summed E-state index contributed by atoms with van der Waals surface area (Å²) >= 11 is 1.74. The Labute approximate surface area is 206 Å². The number of carbonyl (C=O) groups is 2. The number of halogens is 1. The van der Waals surface area contributed by atoms with Gasteiger partial charge in [0.2, 0.25) is 11.8 Å². The van der Waals surface area contributed by atoms with E-state index in [4.69, 9.17) is 0 Å². The van der Waals surface area contributed by atoms with E-state index in [2.05, 4.69) is 30.2 Å². The summed E-state index contributed by atoms with van der Waals surface area (Å²) in [5.74, 6) is 0.180. The fourth-order valence-corrected chi connectivity index (χ4v) is 6.17. The van der Waals surface area contributed by atoms with Gasteiger partial charge in [-0.2, -0.15) is 0 Å². The molecule has 0 N–H and O–H groups in total. The molecule has 0 saturated carbocycles. The van der Waals surface area contributed by atoms with Gasteiger partial charge in [-0.15, -0.1) is 11.3 Å². The highest BCUT2D eigenvalue weighted by atomic mass is 32.1. The van der Waals surface area contributed by atoms with Crippen LogP contribution in [0.15, 0.2) is 35.7 Å². The van der Waals surface area contributed by atoms with Gasteiger partial charge in [0.15, 0.2) is 0 Å². The van der Waals surface area contributed by atoms with Crippen molar-refractivity contribution in [2.24, 2.45) is 5.92 Å². The van der Waals surface area contributed by atoms with Crippen LogP contribution in [0.1, 0.15) is 61.6 Å². The smallest absolute Gasteiger partial charge is 0.236 e. The van der Waals surface area contributed by atoms with Crippen molar-refractivity contribution in [2.75, 3.05) is 39.3 Å². The number of benzene rings is 1. The molecule has 7 heteroatoms. The van der Waals surface area contributed by atoms with E-state index in [0.717, 1.165) is 44.2 Å². The van der Waals surface area contributed by atoms with Crippen LogP contribution >= 0.6 is 11.3 Å². The summed E-state index contributed by atoms with van der Waals surface area (Å²) in [5, 5.41) is 2.09. The number of amides is 2. The number of thiophene rings is 1. The van der Waals surface area contributed by atoms with Crippen molar-refractivity contribution in [3.05, 3.63) is 57.5 Å². The topological polar surface area (TPSA) is 43.9 Å². The lowest BCUT2D eigenvalue weighted by molar-refractivity contribution is -0.143. The first-order valence-corrected chi connectivity index (χ1v) is 13.5. The second-order valence-corrected chi connectivity index (χ2v) is 10.4. The molecule has 0 aliphatic carbocycles. The molecule has 2 aromatic rings. The standard InChI is InChI=1S/C27H36FN3O2S/c1-3-5-7-20(4-2)27(33)30-15-13-29(14-16-30)25(32)19-31-12-10-24-23(11-17-34-24)26(31)21-8-6-9-22(28)18-21/h6,8-9,11,17-18,20,26H,3-5,7,10,12-16,19H2,1-2H3/t20-,26-/m1/s1. The van der Waals surface area contributed by atoms with Gasteiger partial charge in [-0.3, -0.25) is 14.5 Å². The molecule has 2 amide bonds. The summed E-state index contributed by atoms with van der Waals surface area (Å²) in [4.78, 5) is 33.5. The van der Waals surface area contributed by atoms with Crippen LogP contribution < -0.4 is 0 Å². The Morgan fingerprint density at radius 3 is 2.56 bits per heavy atom. The molecule has 1 aromatic heterocycles. The maximum Gasteiger partial charge on any atom is 0.236 e. The molecule has 34 heavy (non-hydrogen) atoms. The quantitative estimate of drug-likeness (QED) is 0.543. The maximum absolute atomic E-state index is 14.0. The summed E-state index contributed by atoms with van der Waals surface area (Å²) in [6.07, 6.45) is 4.92. The maximum atomic E-state index is 14.0. The minimum Gasteiger partial charge on any atom is -0.339 e. The van der Waals surface area contributed by atoms with E-state index in [1.54, 1.807) is 23.5 Å². The normalized spacial score (nSPS) is 19.7. The summed E-state index contributed by atoms with van der Waals surface area (Å²) in [5.41, 5.74) is 2.07. The molecule has 0 radical (unpaired) electrons. The van der Waals surface area contributed by atoms with Crippen LogP contribution in [0.25, 0.3) is 0 Å². The van der Waals surface area contributed by atoms with Crippen molar-refractivity contribution in [3.63, 3.8) is 0 Å². The van der Waals surface area contributed by atoms with Gasteiger partial charge in [0.05, 0.1) is 12.6 Å². The lowest BCUT2D eigenvalue weighted by Crippen LogP contribution is -2.54. The van der Waals surface area contributed by atoms with Crippen molar-refractivity contribution in [3.8, 4) is 0 Å². The third kappa shape index (κ3) is 5.52. The van der Waals surface area contributed by atoms with Gasteiger partial charge in [0.25, 0.3) is 0 Å². The summed E-state index contributed by atoms with van der Waals surface area (Å²) in [6.45, 7) is 7.69. The van der Waals surface area contributed by atoms with Crippen LogP contribution in [0.4, 0.5) is 4.39 Å². The van der Waals surface area contributed by atoms with Crippen LogP contribution in [-0.4, -0.2) is 65.8 Å². The molecular weight excluding hydrogens is 449 g/mol. The van der Waals surface area contributed by atoms with Gasteiger partial charge in [0, 0.05) is 43.5 Å². The predicted molar refractivity (Wildman–Crippen MR) is 134 cm³/mol. The predicted octanol–water partition coefficient (Wildman–Crippen LogP) is 4.72. The SMILES string of the molecule is CCCC[C@@H](CC)C(=O)N1CCN(C(=O)CN2CCc3sccc3[C@H]2c2cccc(F)c2)CC1. The number of unbranched alkanes of at least 4 members (excludes halogenated alkanes) is 1. The van der Waals surface area contributed by atoms with E-state index in [-0.39, 0.29) is 29.6 Å². The molecule has 1 fully saturated rings. The Kier molecular flexibility index (Phi) is 8.37. The van der Waals surface area contributed by atoms with Crippen molar-refractivity contribution in [1.29, 1.82) is 0 Å². The van der Waals surface area contributed by atoms with Gasteiger partial charge in [-0.25, -0.2) is 4.39 Å². The van der Waals surface area contributed by atoms with E-state index in [0.29, 0.717) is 32.7 Å². The third-order valence-electron chi connectivity index (χ3n) is 7.26. The lowest BCUT2D eigenvalue weighted by Gasteiger charge is -2.39. The summed E-state index contributed by atoms with van der Waals surface area (Å²) in [7, 11) is 0. The van der Waals surface area contributed by atoms with E-state index in [9.17, 15) is 14.0 Å². The molecular formula is C27H36FN3O2S. The van der Waals surface area contributed by atoms with Crippen LogP contribution in [0.5, 0.6) is 0 Å². The largest absolute Gasteiger partial charge is 0.339 e. The Bertz CT molecular complexity index is 986. The summed E-state index contributed by atoms with van der Waals surface area (Å²) < 4.78 is 14.0. The van der Waals surface area contributed by atoms with Crippen LogP contribution in [0.2, 0.25) is 0 Å². The van der Waals surface area contributed by atoms with E-state index in [1.165, 1.54) is 16.5 Å². The van der Waals surface area contributed by atoms with Crippen LogP contribution in [0.3, 0.4) is 0 Å². The van der Waals surface area contributed by atoms with Crippen molar-refractivity contribution in [2.45, 2.75) is 52.0 Å². The van der Waals surface area contributed by atoms with Crippen LogP contribution in [-0.2, 0) is 16.0 Å². The first-order valence-electron chi connectivity index (χ1n) is 12.6. The lowest BCUT2D eigenvalue weighted by atomic mass is 9.93. The van der Waals surface area contributed by atoms with Crippen molar-refractivity contribution in [1.82, 2.24) is 14.7 Å². The molecule has 1 saturated heterocycles. The second kappa shape index (κ2) is 11.5. The van der Waals surface area contributed by atoms with Gasteiger partial charge < -0.3 is 9.80 Å². The van der Waals surface area contributed by atoms with E-state index < -0.39 is 0 Å². The molecule has 4 rings (SSSR count). The second-order valence-electron chi connectivity index (χ2n) is 9.43. The van der Waals surface area contributed by atoms with Gasteiger partial charge in [0.1, 0.15) is 5.82 Å². The number of hydrogen-bond acceptors (Lipinski definition) is 4. The average Bonchev–Trinajstić information content (AvgIpc) is 3.33. The number of hydrogen-bond donors (Lipinski definition) is 0. The van der Waals surface area contributed by atoms with E-state index >= 15 is 0 Å². The fourth-order valence-electron chi connectivity index (χ4n) is 5.27. The average molecular weight is 486 g/mol. The zero-order chi connectivity index (χ0) is 24.1. The molecule has 2 atom stereocenters. The van der Waals surface area contributed by atoms with Crippen LogP contribution in [0, 0.1) is 11.7 Å². The zero-order valence-corrected chi connectivity index (χ0v) is 21.2. The highest BCUT2D eigenvalue weighted by molar-refractivity contribution is 7.10. The van der Waals surface area contributed by atoms with Gasteiger partial charge >= 0.3 is 0 Å². The summed E-state index contributed by atoms with van der Waals surface area (Å²) in [6, 6.07) is 8.74. The Hall–Kier alpha value is -2.25. The molecule has 2 aliphatic heterocycles. The Morgan fingerprint density at radius 2 is 1.85 bits per heavy atom. The van der Waals surface area contributed by atoms with Gasteiger partial charge in [-0.05, 0) is 54.0 Å². The van der Waals surface area contributed by atoms with E-state index in [1.807, 2.05) is 15.9 Å². The minimum absolute atomic E-state index is 0.0882. The molecule has 0 unspecified atom stereocenters. The molecule has 2 aliphatic rings. The molecule has 1 aromatic carbocycles. The minimum atomic E-state index is -0.253. The molecule has 184 valence electrons. The Balaban J connectivity index is 1.39. The number of rotatable bonds is 8. The highest BCUT2D eigenvalue weighted by Crippen LogP contribution is 2.37. The highest BCUT2D eigenvalue weighted by Gasteiger charge is 2.33. The van der Waals surface area contributed by atoms with Crippen molar-refractivity contribution >= 4 is 23.2 Å². The van der Waals surface area contributed by atoms with Crippen molar-refractivity contribution < 1.29 is 14.0 Å². The molecule has 5 nitrogen and oxygen atoms in total. The fraction of sp³-hybridized carbons (Fsp3) is 0.556. The molecule has 3 heterocycles. The molecule has 0 bridgehead atoms. The zero-order valence-electron chi connectivity index (χ0n) is 20.3. The number of nitrogens with zero attached hydrogens (tertiary/aromatic N) is 3. The van der Waals surface area contributed by atoms with Gasteiger partial charge in [-0.1, -0.05) is 38.8 Å². The number of piperazine rings is 1. The first-order chi connectivity index (χ1) is 16.5. The molecule has 0 spiro atoms. The number of carbonyl (C=O) groups excluding carboxylic acids is 2. The Morgan fingerprint density at radius 1 is 1.09 bits per heavy atom. The monoisotopic (exact) mass is 485 g/mol. The third-order valence-corrected chi connectivity index (χ3v) is 8.26.